The fraction of sp³-hybridized carbons (Fsp3) is 0.375. The maximum atomic E-state index is 12.0. The highest BCUT2D eigenvalue weighted by Crippen LogP contribution is 2.15. The number of nitrogens with zero attached hydrogens (tertiary/aromatic N) is 2. The van der Waals surface area contributed by atoms with E-state index in [9.17, 15) is 4.79 Å². The van der Waals surface area contributed by atoms with Crippen LogP contribution < -0.4 is 16.0 Å². The SMILES string of the molecule is N#C/C(=C/Nc1cccc(Cl)c1)C(=O)NCCN1CCNCC1. The Balaban J connectivity index is 1.80. The van der Waals surface area contributed by atoms with Gasteiger partial charge in [0.1, 0.15) is 11.6 Å². The lowest BCUT2D eigenvalue weighted by Crippen LogP contribution is -2.46. The summed E-state index contributed by atoms with van der Waals surface area (Å²) in [6, 6.07) is 8.97. The molecule has 0 radical (unpaired) electrons. The molecule has 0 bridgehead atoms. The molecule has 6 nitrogen and oxygen atoms in total. The molecule has 2 rings (SSSR count). The van der Waals surface area contributed by atoms with Gasteiger partial charge in [0.05, 0.1) is 0 Å². The monoisotopic (exact) mass is 333 g/mol. The molecule has 23 heavy (non-hydrogen) atoms. The van der Waals surface area contributed by atoms with Crippen molar-refractivity contribution in [3.8, 4) is 6.07 Å². The number of piperazine rings is 1. The lowest BCUT2D eigenvalue weighted by atomic mass is 10.2. The summed E-state index contributed by atoms with van der Waals surface area (Å²) >= 11 is 5.88. The second kappa shape index (κ2) is 9.16. The van der Waals surface area contributed by atoms with Crippen LogP contribution in [0, 0.1) is 11.3 Å². The predicted octanol–water partition coefficient (Wildman–Crippen LogP) is 1.18. The Kier molecular flexibility index (Phi) is 6.88. The van der Waals surface area contributed by atoms with Gasteiger partial charge < -0.3 is 16.0 Å². The summed E-state index contributed by atoms with van der Waals surface area (Å²) in [4.78, 5) is 14.3. The highest BCUT2D eigenvalue weighted by molar-refractivity contribution is 6.30. The van der Waals surface area contributed by atoms with Crippen molar-refractivity contribution in [3.05, 3.63) is 41.1 Å². The predicted molar refractivity (Wildman–Crippen MR) is 91.1 cm³/mol. The van der Waals surface area contributed by atoms with E-state index in [1.54, 1.807) is 24.3 Å². The Morgan fingerprint density at radius 3 is 2.91 bits per heavy atom. The number of anilines is 1. The fourth-order valence-electron chi connectivity index (χ4n) is 2.24. The second-order valence-corrected chi connectivity index (χ2v) is 5.61. The van der Waals surface area contributed by atoms with E-state index in [4.69, 9.17) is 16.9 Å². The smallest absolute Gasteiger partial charge is 0.263 e. The van der Waals surface area contributed by atoms with Crippen LogP contribution in [0.4, 0.5) is 5.69 Å². The third-order valence-electron chi connectivity index (χ3n) is 3.50. The molecule has 1 fully saturated rings. The first kappa shape index (κ1) is 17.3. The van der Waals surface area contributed by atoms with E-state index in [0.29, 0.717) is 11.6 Å². The summed E-state index contributed by atoms with van der Waals surface area (Å²) in [7, 11) is 0. The van der Waals surface area contributed by atoms with Gasteiger partial charge in [-0.1, -0.05) is 17.7 Å². The number of hydrogen-bond donors (Lipinski definition) is 3. The molecule has 1 aliphatic heterocycles. The van der Waals surface area contributed by atoms with E-state index in [-0.39, 0.29) is 11.5 Å². The van der Waals surface area contributed by atoms with Crippen LogP contribution in [0.1, 0.15) is 0 Å². The van der Waals surface area contributed by atoms with Crippen molar-refractivity contribution in [1.82, 2.24) is 15.5 Å². The van der Waals surface area contributed by atoms with Gasteiger partial charge >= 0.3 is 0 Å². The van der Waals surface area contributed by atoms with Crippen molar-refractivity contribution in [2.75, 3.05) is 44.6 Å². The van der Waals surface area contributed by atoms with Crippen molar-refractivity contribution in [2.45, 2.75) is 0 Å². The van der Waals surface area contributed by atoms with Crippen LogP contribution in [-0.2, 0) is 4.79 Å². The van der Waals surface area contributed by atoms with Crippen molar-refractivity contribution < 1.29 is 4.79 Å². The van der Waals surface area contributed by atoms with Crippen molar-refractivity contribution >= 4 is 23.2 Å². The number of benzene rings is 1. The first-order valence-electron chi connectivity index (χ1n) is 7.52. The van der Waals surface area contributed by atoms with Gasteiger partial charge in [0, 0.05) is 56.2 Å². The molecule has 1 heterocycles. The zero-order valence-electron chi connectivity index (χ0n) is 12.8. The molecule has 0 spiro atoms. The van der Waals surface area contributed by atoms with Gasteiger partial charge in [-0.25, -0.2) is 0 Å². The number of rotatable bonds is 6. The molecule has 3 N–H and O–H groups in total. The Hall–Kier alpha value is -2.07. The Morgan fingerprint density at radius 1 is 1.43 bits per heavy atom. The molecule has 7 heteroatoms. The van der Waals surface area contributed by atoms with Crippen molar-refractivity contribution in [3.63, 3.8) is 0 Å². The number of nitriles is 1. The minimum absolute atomic E-state index is 0.0327. The average molecular weight is 334 g/mol. The zero-order valence-corrected chi connectivity index (χ0v) is 13.6. The summed E-state index contributed by atoms with van der Waals surface area (Å²) in [5.41, 5.74) is 0.754. The maximum Gasteiger partial charge on any atom is 0.263 e. The molecule has 1 aliphatic rings. The summed E-state index contributed by atoms with van der Waals surface area (Å²) in [5, 5.41) is 18.7. The summed E-state index contributed by atoms with van der Waals surface area (Å²) in [6.07, 6.45) is 1.39. The largest absolute Gasteiger partial charge is 0.360 e. The fourth-order valence-corrected chi connectivity index (χ4v) is 2.43. The quantitative estimate of drug-likeness (QED) is 0.538. The molecular weight excluding hydrogens is 314 g/mol. The van der Waals surface area contributed by atoms with Crippen LogP contribution in [0.25, 0.3) is 0 Å². The van der Waals surface area contributed by atoms with Crippen LogP contribution >= 0.6 is 11.6 Å². The zero-order chi connectivity index (χ0) is 16.5. The topological polar surface area (TPSA) is 80.2 Å². The van der Waals surface area contributed by atoms with Gasteiger partial charge in [-0.05, 0) is 18.2 Å². The number of carbonyl (C=O) groups excluding carboxylic acids is 1. The van der Waals surface area contributed by atoms with Crippen LogP contribution in [0.15, 0.2) is 36.0 Å². The molecule has 1 aromatic carbocycles. The van der Waals surface area contributed by atoms with Crippen molar-refractivity contribution in [1.29, 1.82) is 5.26 Å². The highest BCUT2D eigenvalue weighted by Gasteiger charge is 2.11. The molecule has 1 aromatic rings. The molecule has 0 atom stereocenters. The first-order chi connectivity index (χ1) is 11.2. The first-order valence-corrected chi connectivity index (χ1v) is 7.90. The van der Waals surface area contributed by atoms with E-state index in [1.165, 1.54) is 6.20 Å². The van der Waals surface area contributed by atoms with E-state index >= 15 is 0 Å². The summed E-state index contributed by atoms with van der Waals surface area (Å²) < 4.78 is 0. The van der Waals surface area contributed by atoms with Crippen LogP contribution in [0.5, 0.6) is 0 Å². The lowest BCUT2D eigenvalue weighted by Gasteiger charge is -2.27. The minimum Gasteiger partial charge on any atom is -0.360 e. The van der Waals surface area contributed by atoms with Gasteiger partial charge in [0.25, 0.3) is 5.91 Å². The number of halogens is 1. The molecule has 122 valence electrons. The molecule has 0 unspecified atom stereocenters. The third kappa shape index (κ3) is 5.91. The van der Waals surface area contributed by atoms with E-state index in [0.717, 1.165) is 38.4 Å². The van der Waals surface area contributed by atoms with Crippen LogP contribution in [0.2, 0.25) is 5.02 Å². The van der Waals surface area contributed by atoms with E-state index < -0.39 is 0 Å². The van der Waals surface area contributed by atoms with Gasteiger partial charge in [0.2, 0.25) is 0 Å². The van der Waals surface area contributed by atoms with Crippen LogP contribution in [0.3, 0.4) is 0 Å². The molecule has 1 amide bonds. The van der Waals surface area contributed by atoms with Crippen molar-refractivity contribution in [2.24, 2.45) is 0 Å². The number of nitrogens with one attached hydrogen (secondary N) is 3. The molecule has 0 aromatic heterocycles. The second-order valence-electron chi connectivity index (χ2n) is 5.17. The van der Waals surface area contributed by atoms with E-state index in [1.807, 2.05) is 6.07 Å². The van der Waals surface area contributed by atoms with Gasteiger partial charge in [-0.3, -0.25) is 9.69 Å². The lowest BCUT2D eigenvalue weighted by molar-refractivity contribution is -0.117. The molecule has 1 saturated heterocycles. The summed E-state index contributed by atoms with van der Waals surface area (Å²) in [5.74, 6) is -0.378. The van der Waals surface area contributed by atoms with Crippen LogP contribution in [-0.4, -0.2) is 50.1 Å². The summed E-state index contributed by atoms with van der Waals surface area (Å²) in [6.45, 7) is 5.21. The third-order valence-corrected chi connectivity index (χ3v) is 3.73. The average Bonchev–Trinajstić information content (AvgIpc) is 2.56. The standard InChI is InChI=1S/C16H20ClN5O/c17-14-2-1-3-15(10-14)21-12-13(11-18)16(23)20-6-9-22-7-4-19-5-8-22/h1-3,10,12,19,21H,4-9H2,(H,20,23)/b13-12-. The number of carbonyl (C=O) groups is 1. The normalized spacial score (nSPS) is 15.7. The Morgan fingerprint density at radius 2 is 2.22 bits per heavy atom. The molecule has 0 saturated carbocycles. The molecule has 0 aliphatic carbocycles. The molecular formula is C16H20ClN5O. The van der Waals surface area contributed by atoms with Gasteiger partial charge in [0.15, 0.2) is 0 Å². The minimum atomic E-state index is -0.378. The van der Waals surface area contributed by atoms with Gasteiger partial charge in [-0.2, -0.15) is 5.26 Å². The van der Waals surface area contributed by atoms with E-state index in [2.05, 4.69) is 20.9 Å². The Bertz CT molecular complexity index is 605. The van der Waals surface area contributed by atoms with Gasteiger partial charge in [-0.15, -0.1) is 0 Å². The highest BCUT2D eigenvalue weighted by atomic mass is 35.5. The number of amides is 1. The number of hydrogen-bond acceptors (Lipinski definition) is 5. The maximum absolute atomic E-state index is 12.0. The Labute approximate surface area is 141 Å².